The van der Waals surface area contributed by atoms with Crippen molar-refractivity contribution in [3.8, 4) is 0 Å². The quantitative estimate of drug-likeness (QED) is 0.632. The van der Waals surface area contributed by atoms with Gasteiger partial charge in [0.05, 0.1) is 11.0 Å². The second kappa shape index (κ2) is 3.30. The summed E-state index contributed by atoms with van der Waals surface area (Å²) in [5.74, 6) is 0.358. The first-order chi connectivity index (χ1) is 7.84. The average molecular weight is 212 g/mol. The summed E-state index contributed by atoms with van der Waals surface area (Å²) in [7, 11) is 0. The van der Waals surface area contributed by atoms with E-state index in [1.54, 1.807) is 6.20 Å². The van der Waals surface area contributed by atoms with Crippen molar-refractivity contribution in [3.63, 3.8) is 0 Å². The molecule has 78 valence electrons. The van der Waals surface area contributed by atoms with Gasteiger partial charge in [0.2, 0.25) is 0 Å². The van der Waals surface area contributed by atoms with E-state index in [1.165, 1.54) is 6.20 Å². The zero-order chi connectivity index (χ0) is 11.0. The van der Waals surface area contributed by atoms with E-state index in [9.17, 15) is 4.79 Å². The number of carbonyl (C=O) groups excluding carboxylic acids is 1. The van der Waals surface area contributed by atoms with Crippen molar-refractivity contribution in [2.45, 2.75) is 0 Å². The molecule has 5 heteroatoms. The van der Waals surface area contributed by atoms with Gasteiger partial charge in [-0.2, -0.15) is 0 Å². The highest BCUT2D eigenvalue weighted by atomic mass is 16.1. The number of ketones is 1. The molecule has 3 aromatic rings. The molecule has 0 spiro atoms. The highest BCUT2D eigenvalue weighted by Crippen LogP contribution is 2.11. The standard InChI is InChI=1S/C11H8N4O/c16-9(10-12-5-6-13-10)11-14-7-3-1-2-4-8(7)15-11/h1-6H,(H,12,13)(H,14,15). The Labute approximate surface area is 90.6 Å². The first-order valence-electron chi connectivity index (χ1n) is 4.83. The van der Waals surface area contributed by atoms with Crippen molar-refractivity contribution in [2.24, 2.45) is 0 Å². The van der Waals surface area contributed by atoms with E-state index in [0.29, 0.717) is 11.6 Å². The average Bonchev–Trinajstić information content (AvgIpc) is 2.97. The SMILES string of the molecule is O=C(c1ncc[nH]1)c1nc2ccccc2[nH]1. The van der Waals surface area contributed by atoms with Crippen LogP contribution >= 0.6 is 0 Å². The fourth-order valence-electron chi connectivity index (χ4n) is 1.56. The molecule has 2 aromatic heterocycles. The van der Waals surface area contributed by atoms with Crippen LogP contribution in [0.25, 0.3) is 11.0 Å². The van der Waals surface area contributed by atoms with Gasteiger partial charge in [0.1, 0.15) is 0 Å². The molecular formula is C11H8N4O. The number of aromatic nitrogens is 4. The minimum absolute atomic E-state index is 0.235. The second-order valence-electron chi connectivity index (χ2n) is 3.37. The molecule has 0 fully saturated rings. The van der Waals surface area contributed by atoms with Crippen LogP contribution in [-0.4, -0.2) is 25.7 Å². The van der Waals surface area contributed by atoms with Gasteiger partial charge in [-0.1, -0.05) is 12.1 Å². The Hall–Kier alpha value is -2.43. The Kier molecular flexibility index (Phi) is 1.83. The van der Waals surface area contributed by atoms with Crippen LogP contribution in [0, 0.1) is 0 Å². The van der Waals surface area contributed by atoms with E-state index in [4.69, 9.17) is 0 Å². The first kappa shape index (κ1) is 8.84. The van der Waals surface area contributed by atoms with Crippen molar-refractivity contribution in [2.75, 3.05) is 0 Å². The van der Waals surface area contributed by atoms with Crippen molar-refractivity contribution in [1.82, 2.24) is 19.9 Å². The summed E-state index contributed by atoms with van der Waals surface area (Å²) in [6.07, 6.45) is 3.14. The molecule has 3 rings (SSSR count). The molecular weight excluding hydrogens is 204 g/mol. The molecule has 0 aliphatic heterocycles. The lowest BCUT2D eigenvalue weighted by Crippen LogP contribution is -2.05. The Bertz CT molecular complexity index is 606. The van der Waals surface area contributed by atoms with Crippen LogP contribution in [-0.2, 0) is 0 Å². The smallest absolute Gasteiger partial charge is 0.263 e. The van der Waals surface area contributed by atoms with E-state index in [1.807, 2.05) is 24.3 Å². The summed E-state index contributed by atoms with van der Waals surface area (Å²) < 4.78 is 0. The number of nitrogens with zero attached hydrogens (tertiary/aromatic N) is 2. The molecule has 0 aliphatic carbocycles. The van der Waals surface area contributed by atoms with Gasteiger partial charge in [-0.3, -0.25) is 4.79 Å². The fourth-order valence-corrected chi connectivity index (χ4v) is 1.56. The molecule has 0 aliphatic rings. The highest BCUT2D eigenvalue weighted by Gasteiger charge is 2.15. The maximum absolute atomic E-state index is 11.9. The fraction of sp³-hybridized carbons (Fsp3) is 0. The number of hydrogen-bond donors (Lipinski definition) is 2. The molecule has 2 heterocycles. The number of para-hydroxylation sites is 2. The topological polar surface area (TPSA) is 74.4 Å². The minimum Gasteiger partial charge on any atom is -0.342 e. The molecule has 16 heavy (non-hydrogen) atoms. The van der Waals surface area contributed by atoms with Crippen molar-refractivity contribution >= 4 is 16.8 Å². The maximum Gasteiger partial charge on any atom is 0.263 e. The molecule has 1 aromatic carbocycles. The summed E-state index contributed by atoms with van der Waals surface area (Å²) in [4.78, 5) is 25.7. The van der Waals surface area contributed by atoms with Gasteiger partial charge in [0, 0.05) is 12.4 Å². The number of aromatic amines is 2. The number of H-pyrrole nitrogens is 2. The van der Waals surface area contributed by atoms with Gasteiger partial charge in [-0.05, 0) is 12.1 Å². The number of imidazole rings is 2. The van der Waals surface area contributed by atoms with Crippen LogP contribution in [0.1, 0.15) is 16.4 Å². The maximum atomic E-state index is 11.9. The Morgan fingerprint density at radius 1 is 1.19 bits per heavy atom. The van der Waals surface area contributed by atoms with Gasteiger partial charge in [-0.15, -0.1) is 0 Å². The van der Waals surface area contributed by atoms with E-state index in [0.717, 1.165) is 11.0 Å². The largest absolute Gasteiger partial charge is 0.342 e. The molecule has 0 atom stereocenters. The minimum atomic E-state index is -0.235. The number of carbonyl (C=O) groups is 1. The zero-order valence-corrected chi connectivity index (χ0v) is 8.27. The van der Waals surface area contributed by atoms with Crippen LogP contribution in [0.5, 0.6) is 0 Å². The number of hydrogen-bond acceptors (Lipinski definition) is 3. The zero-order valence-electron chi connectivity index (χ0n) is 8.27. The summed E-state index contributed by atoms with van der Waals surface area (Å²) in [6, 6.07) is 7.50. The molecule has 0 unspecified atom stereocenters. The van der Waals surface area contributed by atoms with Crippen LogP contribution in [0.3, 0.4) is 0 Å². The lowest BCUT2D eigenvalue weighted by atomic mass is 10.3. The van der Waals surface area contributed by atoms with Crippen molar-refractivity contribution in [1.29, 1.82) is 0 Å². The van der Waals surface area contributed by atoms with E-state index < -0.39 is 0 Å². The first-order valence-corrected chi connectivity index (χ1v) is 4.83. The lowest BCUT2D eigenvalue weighted by Gasteiger charge is -1.89. The molecule has 0 saturated carbocycles. The third-order valence-corrected chi connectivity index (χ3v) is 2.32. The third kappa shape index (κ3) is 1.30. The molecule has 5 nitrogen and oxygen atoms in total. The normalized spacial score (nSPS) is 10.8. The van der Waals surface area contributed by atoms with Crippen LogP contribution in [0.4, 0.5) is 0 Å². The van der Waals surface area contributed by atoms with E-state index in [2.05, 4.69) is 19.9 Å². The molecule has 0 bridgehead atoms. The lowest BCUT2D eigenvalue weighted by molar-refractivity contribution is 0.102. The molecule has 0 radical (unpaired) electrons. The van der Waals surface area contributed by atoms with E-state index >= 15 is 0 Å². The van der Waals surface area contributed by atoms with Gasteiger partial charge in [-0.25, -0.2) is 9.97 Å². The molecule has 2 N–H and O–H groups in total. The van der Waals surface area contributed by atoms with Gasteiger partial charge in [0.25, 0.3) is 5.78 Å². The van der Waals surface area contributed by atoms with Crippen LogP contribution in [0.2, 0.25) is 0 Å². The van der Waals surface area contributed by atoms with Gasteiger partial charge >= 0.3 is 0 Å². The van der Waals surface area contributed by atoms with Crippen LogP contribution in [0.15, 0.2) is 36.7 Å². The van der Waals surface area contributed by atoms with Gasteiger partial charge in [0.15, 0.2) is 11.6 Å². The highest BCUT2D eigenvalue weighted by molar-refractivity contribution is 6.05. The van der Waals surface area contributed by atoms with Crippen molar-refractivity contribution in [3.05, 3.63) is 48.3 Å². The summed E-state index contributed by atoms with van der Waals surface area (Å²) in [5.41, 5.74) is 1.62. The summed E-state index contributed by atoms with van der Waals surface area (Å²) in [6.45, 7) is 0. The van der Waals surface area contributed by atoms with Crippen molar-refractivity contribution < 1.29 is 4.79 Å². The Morgan fingerprint density at radius 3 is 2.81 bits per heavy atom. The number of fused-ring (bicyclic) bond motifs is 1. The Balaban J connectivity index is 2.10. The Morgan fingerprint density at radius 2 is 2.06 bits per heavy atom. The molecule has 0 amide bonds. The monoisotopic (exact) mass is 212 g/mol. The third-order valence-electron chi connectivity index (χ3n) is 2.32. The van der Waals surface area contributed by atoms with Gasteiger partial charge < -0.3 is 9.97 Å². The predicted octanol–water partition coefficient (Wildman–Crippen LogP) is 1.52. The summed E-state index contributed by atoms with van der Waals surface area (Å²) in [5, 5.41) is 0. The number of rotatable bonds is 2. The van der Waals surface area contributed by atoms with E-state index in [-0.39, 0.29) is 5.78 Å². The number of benzene rings is 1. The summed E-state index contributed by atoms with van der Waals surface area (Å²) >= 11 is 0. The predicted molar refractivity (Wildman–Crippen MR) is 58.1 cm³/mol. The molecule has 0 saturated heterocycles. The second-order valence-corrected chi connectivity index (χ2v) is 3.37. The number of nitrogens with one attached hydrogen (secondary N) is 2. The van der Waals surface area contributed by atoms with Crippen LogP contribution < -0.4 is 0 Å².